The van der Waals surface area contributed by atoms with E-state index in [1.54, 1.807) is 11.8 Å². The molecule has 4 nitrogen and oxygen atoms in total. The first-order chi connectivity index (χ1) is 14.3. The standard InChI is InChI=1S/C22H40ClN3OS2/c1-2-3-4-5-6-7-8-9-10-11-12-13-14-15-18-28-21-24-20(23)25-22(26-21)29-19-16-17-27/h27H,2-19H2,1H3. The SMILES string of the molecule is CCCCCCCCCCCCCCCCSc1nc(Cl)nc(SCCCO)n1. The third-order valence-electron chi connectivity index (χ3n) is 4.83. The van der Waals surface area contributed by atoms with E-state index in [2.05, 4.69) is 21.9 Å². The Balaban J connectivity index is 1.94. The van der Waals surface area contributed by atoms with Crippen LogP contribution in [0.15, 0.2) is 10.3 Å². The fraction of sp³-hybridized carbons (Fsp3) is 0.864. The molecule has 1 heterocycles. The molecule has 0 bridgehead atoms. The summed E-state index contributed by atoms with van der Waals surface area (Å²) < 4.78 is 0. The molecule has 1 rings (SSSR count). The van der Waals surface area contributed by atoms with Crippen LogP contribution in [0.3, 0.4) is 0 Å². The van der Waals surface area contributed by atoms with Crippen LogP contribution in [0.4, 0.5) is 0 Å². The van der Waals surface area contributed by atoms with Gasteiger partial charge in [-0.15, -0.1) is 0 Å². The predicted molar refractivity (Wildman–Crippen MR) is 128 cm³/mol. The lowest BCUT2D eigenvalue weighted by atomic mass is 10.0. The largest absolute Gasteiger partial charge is 0.396 e. The molecule has 0 fully saturated rings. The summed E-state index contributed by atoms with van der Waals surface area (Å²) in [6.45, 7) is 2.47. The van der Waals surface area contributed by atoms with Crippen molar-refractivity contribution in [3.8, 4) is 0 Å². The lowest BCUT2D eigenvalue weighted by Crippen LogP contribution is -1.97. The number of aliphatic hydroxyl groups is 1. The van der Waals surface area contributed by atoms with Crippen LogP contribution in [0.1, 0.15) is 103 Å². The van der Waals surface area contributed by atoms with E-state index in [1.165, 1.54) is 102 Å². The van der Waals surface area contributed by atoms with Gasteiger partial charge in [-0.3, -0.25) is 0 Å². The number of thioether (sulfide) groups is 2. The highest BCUT2D eigenvalue weighted by atomic mass is 35.5. The van der Waals surface area contributed by atoms with Gasteiger partial charge in [-0.05, 0) is 24.4 Å². The first kappa shape index (κ1) is 27.0. The van der Waals surface area contributed by atoms with Gasteiger partial charge in [0.05, 0.1) is 0 Å². The molecule has 0 saturated heterocycles. The highest BCUT2D eigenvalue weighted by Crippen LogP contribution is 2.22. The molecule has 1 N–H and O–H groups in total. The zero-order valence-electron chi connectivity index (χ0n) is 18.2. The number of aromatic nitrogens is 3. The van der Waals surface area contributed by atoms with E-state index in [4.69, 9.17) is 16.7 Å². The van der Waals surface area contributed by atoms with Crippen LogP contribution in [0.2, 0.25) is 5.28 Å². The van der Waals surface area contributed by atoms with E-state index >= 15 is 0 Å². The third kappa shape index (κ3) is 16.3. The molecule has 0 unspecified atom stereocenters. The second kappa shape index (κ2) is 19.9. The van der Waals surface area contributed by atoms with Gasteiger partial charge in [-0.2, -0.15) is 15.0 Å². The van der Waals surface area contributed by atoms with Crippen LogP contribution in [0.25, 0.3) is 0 Å². The molecule has 0 aromatic carbocycles. The fourth-order valence-electron chi connectivity index (χ4n) is 3.13. The van der Waals surface area contributed by atoms with Crippen LogP contribution < -0.4 is 0 Å². The molecular weight excluding hydrogens is 422 g/mol. The van der Waals surface area contributed by atoms with Gasteiger partial charge in [-0.1, -0.05) is 114 Å². The van der Waals surface area contributed by atoms with Crippen molar-refractivity contribution in [2.24, 2.45) is 0 Å². The summed E-state index contributed by atoms with van der Waals surface area (Å²) in [6, 6.07) is 0. The van der Waals surface area contributed by atoms with Crippen molar-refractivity contribution < 1.29 is 5.11 Å². The third-order valence-corrected chi connectivity index (χ3v) is 6.87. The maximum Gasteiger partial charge on any atom is 0.227 e. The van der Waals surface area contributed by atoms with Gasteiger partial charge in [0.1, 0.15) is 0 Å². The second-order valence-corrected chi connectivity index (χ2v) is 10.0. The van der Waals surface area contributed by atoms with Crippen molar-refractivity contribution >= 4 is 35.1 Å². The normalized spacial score (nSPS) is 11.3. The molecule has 1 aromatic heterocycles. The van der Waals surface area contributed by atoms with Crippen LogP contribution in [-0.2, 0) is 0 Å². The van der Waals surface area contributed by atoms with Crippen LogP contribution in [0.5, 0.6) is 0 Å². The first-order valence-electron chi connectivity index (χ1n) is 11.5. The molecule has 0 aliphatic carbocycles. The van der Waals surface area contributed by atoms with Gasteiger partial charge in [0.2, 0.25) is 5.28 Å². The summed E-state index contributed by atoms with van der Waals surface area (Å²) in [5.41, 5.74) is 0. The average molecular weight is 462 g/mol. The zero-order valence-corrected chi connectivity index (χ0v) is 20.6. The molecule has 7 heteroatoms. The molecule has 0 aliphatic rings. The van der Waals surface area contributed by atoms with Crippen molar-refractivity contribution in [1.29, 1.82) is 0 Å². The minimum Gasteiger partial charge on any atom is -0.396 e. The molecular formula is C22H40ClN3OS2. The van der Waals surface area contributed by atoms with Crippen molar-refractivity contribution in [3.63, 3.8) is 0 Å². The second-order valence-electron chi connectivity index (χ2n) is 7.54. The van der Waals surface area contributed by atoms with Crippen molar-refractivity contribution in [2.45, 2.75) is 114 Å². The quantitative estimate of drug-likeness (QED) is 0.159. The van der Waals surface area contributed by atoms with Crippen LogP contribution in [-0.4, -0.2) is 38.2 Å². The minimum absolute atomic E-state index is 0.187. The molecule has 0 atom stereocenters. The topological polar surface area (TPSA) is 58.9 Å². The van der Waals surface area contributed by atoms with E-state index in [0.29, 0.717) is 10.3 Å². The molecule has 1 aromatic rings. The summed E-state index contributed by atoms with van der Waals surface area (Å²) in [7, 11) is 0. The molecule has 168 valence electrons. The highest BCUT2D eigenvalue weighted by molar-refractivity contribution is 7.99. The predicted octanol–water partition coefficient (Wildman–Crippen LogP) is 7.57. The van der Waals surface area contributed by atoms with E-state index in [-0.39, 0.29) is 11.9 Å². The number of hydrogen-bond acceptors (Lipinski definition) is 6. The van der Waals surface area contributed by atoms with E-state index < -0.39 is 0 Å². The molecule has 0 saturated carbocycles. The van der Waals surface area contributed by atoms with Crippen molar-refractivity contribution in [2.75, 3.05) is 18.1 Å². The summed E-state index contributed by atoms with van der Waals surface area (Å²) in [5, 5.41) is 10.5. The highest BCUT2D eigenvalue weighted by Gasteiger charge is 2.06. The number of nitrogens with zero attached hydrogens (tertiary/aromatic N) is 3. The van der Waals surface area contributed by atoms with Gasteiger partial charge >= 0.3 is 0 Å². The number of unbranched alkanes of at least 4 members (excludes halogenated alkanes) is 13. The van der Waals surface area contributed by atoms with E-state index in [0.717, 1.165) is 17.9 Å². The minimum atomic E-state index is 0.187. The average Bonchev–Trinajstić information content (AvgIpc) is 2.71. The lowest BCUT2D eigenvalue weighted by Gasteiger charge is -2.04. The molecule has 0 aliphatic heterocycles. The Labute approximate surface area is 191 Å². The Morgan fingerprint density at radius 3 is 1.48 bits per heavy atom. The van der Waals surface area contributed by atoms with Crippen LogP contribution >= 0.6 is 35.1 Å². The zero-order chi connectivity index (χ0) is 21.0. The Morgan fingerprint density at radius 2 is 1.03 bits per heavy atom. The smallest absolute Gasteiger partial charge is 0.227 e. The summed E-state index contributed by atoms with van der Waals surface area (Å²) in [4.78, 5) is 12.8. The summed E-state index contributed by atoms with van der Waals surface area (Å²) in [6.07, 6.45) is 20.0. The molecule has 0 amide bonds. The monoisotopic (exact) mass is 461 g/mol. The van der Waals surface area contributed by atoms with E-state index in [9.17, 15) is 0 Å². The molecule has 29 heavy (non-hydrogen) atoms. The number of halogens is 1. The van der Waals surface area contributed by atoms with E-state index in [1.807, 2.05) is 0 Å². The summed E-state index contributed by atoms with van der Waals surface area (Å²) in [5.74, 6) is 1.82. The Kier molecular flexibility index (Phi) is 18.5. The van der Waals surface area contributed by atoms with Gasteiger partial charge in [-0.25, -0.2) is 0 Å². The van der Waals surface area contributed by atoms with Crippen molar-refractivity contribution in [1.82, 2.24) is 15.0 Å². The van der Waals surface area contributed by atoms with Crippen LogP contribution in [0, 0.1) is 0 Å². The maximum absolute atomic E-state index is 8.86. The lowest BCUT2D eigenvalue weighted by molar-refractivity contribution is 0.296. The summed E-state index contributed by atoms with van der Waals surface area (Å²) >= 11 is 9.18. The molecule has 0 spiro atoms. The Hall–Kier alpha value is -0.0400. The number of rotatable bonds is 20. The number of hydrogen-bond donors (Lipinski definition) is 1. The Morgan fingerprint density at radius 1 is 0.621 bits per heavy atom. The number of aliphatic hydroxyl groups excluding tert-OH is 1. The van der Waals surface area contributed by atoms with Gasteiger partial charge in [0.25, 0.3) is 0 Å². The van der Waals surface area contributed by atoms with Gasteiger partial charge in [0, 0.05) is 18.1 Å². The Bertz CT molecular complexity index is 509. The fourth-order valence-corrected chi connectivity index (χ4v) is 5.04. The van der Waals surface area contributed by atoms with Crippen molar-refractivity contribution in [3.05, 3.63) is 5.28 Å². The van der Waals surface area contributed by atoms with Gasteiger partial charge in [0.15, 0.2) is 10.3 Å². The first-order valence-corrected chi connectivity index (χ1v) is 13.9. The maximum atomic E-state index is 8.86. The van der Waals surface area contributed by atoms with Gasteiger partial charge < -0.3 is 5.11 Å². The molecule has 0 radical (unpaired) electrons.